The Labute approximate surface area is 134 Å². The standard InChI is InChI=1S/C17H19N3O3/c18-17(19-11-12-3-1-4-14(21)9-12)20-13-5-6-15-16(10-13)23-8-2-7-22-15/h1,3-6,9-10,21H,2,7-8,11H2,(H3,18,19,20). The number of ether oxygens (including phenoxy) is 2. The molecule has 2 aromatic carbocycles. The fraction of sp³-hybridized carbons (Fsp3) is 0.235. The second-order valence-corrected chi connectivity index (χ2v) is 5.21. The Bertz CT molecular complexity index is 716. The Morgan fingerprint density at radius 2 is 1.96 bits per heavy atom. The molecular weight excluding hydrogens is 294 g/mol. The van der Waals surface area contributed by atoms with E-state index in [0.717, 1.165) is 23.4 Å². The summed E-state index contributed by atoms with van der Waals surface area (Å²) in [6.07, 6.45) is 0.866. The minimum atomic E-state index is 0.215. The highest BCUT2D eigenvalue weighted by molar-refractivity contribution is 5.92. The van der Waals surface area contributed by atoms with Gasteiger partial charge in [0.2, 0.25) is 0 Å². The maximum atomic E-state index is 9.43. The van der Waals surface area contributed by atoms with E-state index < -0.39 is 0 Å². The number of phenols is 1. The monoisotopic (exact) mass is 313 g/mol. The number of nitrogens with two attached hydrogens (primary N) is 1. The fourth-order valence-corrected chi connectivity index (χ4v) is 2.26. The number of guanidine groups is 1. The minimum Gasteiger partial charge on any atom is -0.508 e. The lowest BCUT2D eigenvalue weighted by atomic mass is 10.2. The van der Waals surface area contributed by atoms with Gasteiger partial charge in [-0.1, -0.05) is 12.1 Å². The third kappa shape index (κ3) is 4.06. The van der Waals surface area contributed by atoms with Crippen LogP contribution in [0.25, 0.3) is 0 Å². The van der Waals surface area contributed by atoms with Crippen LogP contribution in [0.15, 0.2) is 47.5 Å². The third-order valence-electron chi connectivity index (χ3n) is 3.36. The lowest BCUT2D eigenvalue weighted by molar-refractivity contribution is 0.297. The fourth-order valence-electron chi connectivity index (χ4n) is 2.26. The van der Waals surface area contributed by atoms with E-state index in [1.165, 1.54) is 0 Å². The molecule has 0 spiro atoms. The minimum absolute atomic E-state index is 0.215. The number of nitrogens with one attached hydrogen (secondary N) is 1. The molecule has 0 amide bonds. The van der Waals surface area contributed by atoms with E-state index in [4.69, 9.17) is 15.2 Å². The molecular formula is C17H19N3O3. The number of rotatable bonds is 3. The number of fused-ring (bicyclic) bond motifs is 1. The van der Waals surface area contributed by atoms with Crippen molar-refractivity contribution in [1.29, 1.82) is 0 Å². The molecule has 0 aliphatic carbocycles. The molecule has 1 aliphatic heterocycles. The zero-order valence-electron chi connectivity index (χ0n) is 12.7. The molecule has 0 fully saturated rings. The van der Waals surface area contributed by atoms with Crippen LogP contribution in [0.3, 0.4) is 0 Å². The number of hydrogen-bond donors (Lipinski definition) is 3. The maximum absolute atomic E-state index is 9.43. The molecule has 1 heterocycles. The van der Waals surface area contributed by atoms with Gasteiger partial charge >= 0.3 is 0 Å². The number of hydrogen-bond acceptors (Lipinski definition) is 4. The van der Waals surface area contributed by atoms with Gasteiger partial charge in [-0.25, -0.2) is 4.99 Å². The van der Waals surface area contributed by atoms with Crippen LogP contribution in [0, 0.1) is 0 Å². The molecule has 0 unspecified atom stereocenters. The Kier molecular flexibility index (Phi) is 4.52. The van der Waals surface area contributed by atoms with Crippen molar-refractivity contribution in [2.45, 2.75) is 13.0 Å². The predicted molar refractivity (Wildman–Crippen MR) is 89.1 cm³/mol. The summed E-state index contributed by atoms with van der Waals surface area (Å²) < 4.78 is 11.2. The summed E-state index contributed by atoms with van der Waals surface area (Å²) in [6.45, 7) is 1.68. The SMILES string of the molecule is NC(=NCc1cccc(O)c1)Nc1ccc2c(c1)OCCCO2. The van der Waals surface area contributed by atoms with Gasteiger partial charge in [0.15, 0.2) is 17.5 Å². The van der Waals surface area contributed by atoms with Crippen molar-refractivity contribution in [3.63, 3.8) is 0 Å². The van der Waals surface area contributed by atoms with Gasteiger partial charge < -0.3 is 25.6 Å². The highest BCUT2D eigenvalue weighted by Gasteiger charge is 2.10. The number of nitrogens with zero attached hydrogens (tertiary/aromatic N) is 1. The first-order valence-corrected chi connectivity index (χ1v) is 7.45. The average molecular weight is 313 g/mol. The van der Waals surface area contributed by atoms with Crippen molar-refractivity contribution in [3.05, 3.63) is 48.0 Å². The molecule has 2 aromatic rings. The normalized spacial score (nSPS) is 14.2. The van der Waals surface area contributed by atoms with Crippen molar-refractivity contribution in [1.82, 2.24) is 0 Å². The molecule has 0 saturated carbocycles. The quantitative estimate of drug-likeness (QED) is 0.598. The number of aliphatic imine (C=N–C) groups is 1. The summed E-state index contributed by atoms with van der Waals surface area (Å²) in [4.78, 5) is 4.26. The number of aromatic hydroxyl groups is 1. The molecule has 23 heavy (non-hydrogen) atoms. The van der Waals surface area contributed by atoms with Gasteiger partial charge in [-0.15, -0.1) is 0 Å². The summed E-state index contributed by atoms with van der Waals surface area (Å²) in [5.74, 6) is 1.95. The Morgan fingerprint density at radius 1 is 1.13 bits per heavy atom. The molecule has 120 valence electrons. The summed E-state index contributed by atoms with van der Waals surface area (Å²) >= 11 is 0. The highest BCUT2D eigenvalue weighted by Crippen LogP contribution is 2.32. The summed E-state index contributed by atoms with van der Waals surface area (Å²) in [5.41, 5.74) is 7.57. The van der Waals surface area contributed by atoms with Crippen LogP contribution in [0.5, 0.6) is 17.2 Å². The van der Waals surface area contributed by atoms with Gasteiger partial charge in [0.05, 0.1) is 19.8 Å². The Morgan fingerprint density at radius 3 is 2.78 bits per heavy atom. The summed E-state index contributed by atoms with van der Waals surface area (Å²) in [7, 11) is 0. The molecule has 0 radical (unpaired) electrons. The molecule has 0 bridgehead atoms. The first kappa shape index (κ1) is 15.0. The van der Waals surface area contributed by atoms with Crippen LogP contribution in [0.4, 0.5) is 5.69 Å². The first-order valence-electron chi connectivity index (χ1n) is 7.45. The molecule has 4 N–H and O–H groups in total. The van der Waals surface area contributed by atoms with E-state index in [0.29, 0.717) is 31.5 Å². The van der Waals surface area contributed by atoms with Gasteiger partial charge in [-0.3, -0.25) is 0 Å². The average Bonchev–Trinajstić information content (AvgIpc) is 2.78. The maximum Gasteiger partial charge on any atom is 0.193 e. The molecule has 0 saturated heterocycles. The van der Waals surface area contributed by atoms with Crippen LogP contribution in [0.1, 0.15) is 12.0 Å². The molecule has 0 aromatic heterocycles. The lowest BCUT2D eigenvalue weighted by Crippen LogP contribution is -2.22. The van der Waals surface area contributed by atoms with E-state index >= 15 is 0 Å². The second kappa shape index (κ2) is 6.91. The van der Waals surface area contributed by atoms with Crippen LogP contribution in [-0.2, 0) is 6.54 Å². The van der Waals surface area contributed by atoms with Gasteiger partial charge in [-0.2, -0.15) is 0 Å². The summed E-state index contributed by atoms with van der Waals surface area (Å²) in [6, 6.07) is 12.5. The lowest BCUT2D eigenvalue weighted by Gasteiger charge is -2.10. The third-order valence-corrected chi connectivity index (χ3v) is 3.36. The number of phenolic OH excluding ortho intramolecular Hbond substituents is 1. The van der Waals surface area contributed by atoms with Crippen LogP contribution >= 0.6 is 0 Å². The molecule has 0 atom stereocenters. The van der Waals surface area contributed by atoms with Crippen molar-refractivity contribution >= 4 is 11.6 Å². The van der Waals surface area contributed by atoms with E-state index in [9.17, 15) is 5.11 Å². The largest absolute Gasteiger partial charge is 0.508 e. The second-order valence-electron chi connectivity index (χ2n) is 5.21. The van der Waals surface area contributed by atoms with Gasteiger partial charge in [0.25, 0.3) is 0 Å². The van der Waals surface area contributed by atoms with Crippen LogP contribution in [-0.4, -0.2) is 24.3 Å². The molecule has 6 nitrogen and oxygen atoms in total. The zero-order valence-corrected chi connectivity index (χ0v) is 12.7. The highest BCUT2D eigenvalue weighted by atomic mass is 16.5. The molecule has 3 rings (SSSR count). The van der Waals surface area contributed by atoms with Crippen molar-refractivity contribution in [2.24, 2.45) is 10.7 Å². The van der Waals surface area contributed by atoms with E-state index in [2.05, 4.69) is 10.3 Å². The number of anilines is 1. The van der Waals surface area contributed by atoms with Crippen LogP contribution < -0.4 is 20.5 Å². The topological polar surface area (TPSA) is 89.1 Å². The van der Waals surface area contributed by atoms with Crippen molar-refractivity contribution in [2.75, 3.05) is 18.5 Å². The Balaban J connectivity index is 1.66. The Hall–Kier alpha value is -2.89. The van der Waals surface area contributed by atoms with Crippen molar-refractivity contribution in [3.8, 4) is 17.2 Å². The predicted octanol–water partition coefficient (Wildman–Crippen LogP) is 2.48. The molecule has 1 aliphatic rings. The van der Waals surface area contributed by atoms with Crippen LogP contribution in [0.2, 0.25) is 0 Å². The smallest absolute Gasteiger partial charge is 0.193 e. The summed E-state index contributed by atoms with van der Waals surface area (Å²) in [5, 5.41) is 12.5. The van der Waals surface area contributed by atoms with E-state index in [1.54, 1.807) is 18.2 Å². The van der Waals surface area contributed by atoms with Gasteiger partial charge in [-0.05, 0) is 29.8 Å². The van der Waals surface area contributed by atoms with E-state index in [1.807, 2.05) is 24.3 Å². The van der Waals surface area contributed by atoms with Crippen molar-refractivity contribution < 1.29 is 14.6 Å². The van der Waals surface area contributed by atoms with Gasteiger partial charge in [0, 0.05) is 18.2 Å². The molecule has 6 heteroatoms. The first-order chi connectivity index (χ1) is 11.2. The zero-order chi connectivity index (χ0) is 16.1. The van der Waals surface area contributed by atoms with E-state index in [-0.39, 0.29) is 5.75 Å². The van der Waals surface area contributed by atoms with Gasteiger partial charge in [0.1, 0.15) is 5.75 Å². The number of benzene rings is 2.